The molecule has 6 heteroatoms. The monoisotopic (exact) mass is 390 g/mol. The molecule has 0 rings (SSSR count). The SMILES string of the molecule is CCCCCCC(=O)O.CCCCCOC(C)=O.CCCCCOC(C)=O. The summed E-state index contributed by atoms with van der Waals surface area (Å²) in [5.41, 5.74) is 0. The molecule has 0 radical (unpaired) electrons. The van der Waals surface area contributed by atoms with Crippen LogP contribution in [0.2, 0.25) is 0 Å². The van der Waals surface area contributed by atoms with E-state index in [1.54, 1.807) is 0 Å². The van der Waals surface area contributed by atoms with E-state index in [-0.39, 0.29) is 11.9 Å². The highest BCUT2D eigenvalue weighted by atomic mass is 16.5. The summed E-state index contributed by atoms with van der Waals surface area (Å²) in [6.45, 7) is 10.4. The van der Waals surface area contributed by atoms with E-state index < -0.39 is 5.97 Å². The van der Waals surface area contributed by atoms with Crippen LogP contribution in [-0.2, 0) is 23.9 Å². The number of ether oxygens (including phenoxy) is 2. The van der Waals surface area contributed by atoms with Gasteiger partial charge in [-0.25, -0.2) is 0 Å². The van der Waals surface area contributed by atoms with Gasteiger partial charge in [-0.1, -0.05) is 65.7 Å². The Morgan fingerprint density at radius 2 is 1.00 bits per heavy atom. The van der Waals surface area contributed by atoms with E-state index in [1.165, 1.54) is 33.1 Å². The van der Waals surface area contributed by atoms with Crippen molar-refractivity contribution in [2.75, 3.05) is 13.2 Å². The molecule has 0 bridgehead atoms. The third-order valence-electron chi connectivity index (χ3n) is 3.35. The van der Waals surface area contributed by atoms with Gasteiger partial charge in [-0.05, 0) is 19.3 Å². The molecular formula is C21H42O6. The lowest BCUT2D eigenvalue weighted by molar-refractivity contribution is -0.142. The molecule has 1 N–H and O–H groups in total. The van der Waals surface area contributed by atoms with Gasteiger partial charge in [0.1, 0.15) is 0 Å². The maximum Gasteiger partial charge on any atom is 0.303 e. The quantitative estimate of drug-likeness (QED) is 0.329. The summed E-state index contributed by atoms with van der Waals surface area (Å²) < 4.78 is 9.41. The molecule has 0 aliphatic rings. The minimum absolute atomic E-state index is 0.175. The molecule has 0 fully saturated rings. The van der Waals surface area contributed by atoms with E-state index in [2.05, 4.69) is 20.8 Å². The first kappa shape index (κ1) is 30.1. The number of aliphatic carboxylic acids is 1. The fourth-order valence-electron chi connectivity index (χ4n) is 1.84. The van der Waals surface area contributed by atoms with E-state index >= 15 is 0 Å². The molecule has 0 saturated heterocycles. The third-order valence-corrected chi connectivity index (χ3v) is 3.35. The van der Waals surface area contributed by atoms with Crippen LogP contribution in [-0.4, -0.2) is 36.2 Å². The zero-order valence-corrected chi connectivity index (χ0v) is 18.2. The van der Waals surface area contributed by atoms with Gasteiger partial charge in [0, 0.05) is 20.3 Å². The Morgan fingerprint density at radius 3 is 1.30 bits per heavy atom. The van der Waals surface area contributed by atoms with Crippen LogP contribution in [0.5, 0.6) is 0 Å². The predicted molar refractivity (Wildman–Crippen MR) is 109 cm³/mol. The van der Waals surface area contributed by atoms with Crippen molar-refractivity contribution in [1.82, 2.24) is 0 Å². The van der Waals surface area contributed by atoms with Crippen LogP contribution in [0.4, 0.5) is 0 Å². The molecule has 0 unspecified atom stereocenters. The Hall–Kier alpha value is -1.59. The molecule has 0 spiro atoms. The van der Waals surface area contributed by atoms with Crippen molar-refractivity contribution in [1.29, 1.82) is 0 Å². The number of carbonyl (C=O) groups is 3. The molecule has 0 aromatic carbocycles. The van der Waals surface area contributed by atoms with E-state index in [0.29, 0.717) is 19.6 Å². The first-order valence-electron chi connectivity index (χ1n) is 10.3. The van der Waals surface area contributed by atoms with E-state index in [0.717, 1.165) is 44.9 Å². The maximum absolute atomic E-state index is 10.2. The second-order valence-electron chi connectivity index (χ2n) is 6.30. The molecule has 0 amide bonds. The van der Waals surface area contributed by atoms with Gasteiger partial charge in [0.25, 0.3) is 0 Å². The third kappa shape index (κ3) is 45.5. The summed E-state index contributed by atoms with van der Waals surface area (Å²) in [5.74, 6) is -1.02. The molecule has 0 saturated carbocycles. The molecule has 0 aromatic heterocycles. The van der Waals surface area contributed by atoms with Crippen molar-refractivity contribution in [3.05, 3.63) is 0 Å². The topological polar surface area (TPSA) is 89.9 Å². The van der Waals surface area contributed by atoms with Crippen LogP contribution in [0.15, 0.2) is 0 Å². The number of rotatable bonds is 13. The molecule has 0 atom stereocenters. The standard InChI is InChI=1S/3C7H14O2/c2*1-3-4-5-6-9-7(2)8;1-2-3-4-5-6-7(8)9/h2*3-6H2,1-2H3;2-6H2,1H3,(H,8,9). The summed E-state index contributed by atoms with van der Waals surface area (Å²) in [4.78, 5) is 30.3. The Bertz CT molecular complexity index is 289. The fourth-order valence-corrected chi connectivity index (χ4v) is 1.84. The van der Waals surface area contributed by atoms with Gasteiger partial charge in [-0.15, -0.1) is 0 Å². The van der Waals surface area contributed by atoms with Gasteiger partial charge in [0.05, 0.1) is 13.2 Å². The smallest absolute Gasteiger partial charge is 0.303 e. The Balaban J connectivity index is -0.000000320. The van der Waals surface area contributed by atoms with Gasteiger partial charge in [-0.3, -0.25) is 14.4 Å². The van der Waals surface area contributed by atoms with Crippen LogP contribution in [0, 0.1) is 0 Å². The first-order chi connectivity index (χ1) is 12.8. The molecule has 6 nitrogen and oxygen atoms in total. The Labute approximate surface area is 166 Å². The van der Waals surface area contributed by atoms with Gasteiger partial charge in [0.15, 0.2) is 0 Å². The highest BCUT2D eigenvalue weighted by Crippen LogP contribution is 2.01. The number of carboxylic acid groups (broad SMARTS) is 1. The average molecular weight is 391 g/mol. The normalized spacial score (nSPS) is 9.22. The summed E-state index contributed by atoms with van der Waals surface area (Å²) in [6.07, 6.45) is 11.2. The molecule has 162 valence electrons. The van der Waals surface area contributed by atoms with Gasteiger partial charge < -0.3 is 14.6 Å². The van der Waals surface area contributed by atoms with Crippen LogP contribution in [0.25, 0.3) is 0 Å². The van der Waals surface area contributed by atoms with Crippen molar-refractivity contribution in [2.45, 2.75) is 105 Å². The highest BCUT2D eigenvalue weighted by Gasteiger charge is 1.94. The average Bonchev–Trinajstić information content (AvgIpc) is 2.60. The van der Waals surface area contributed by atoms with Crippen molar-refractivity contribution in [2.24, 2.45) is 0 Å². The fraction of sp³-hybridized carbons (Fsp3) is 0.857. The second kappa shape index (κ2) is 26.6. The molecule has 0 heterocycles. The van der Waals surface area contributed by atoms with Crippen molar-refractivity contribution >= 4 is 17.9 Å². The molecule has 0 aliphatic heterocycles. The van der Waals surface area contributed by atoms with Crippen LogP contribution < -0.4 is 0 Å². The van der Waals surface area contributed by atoms with Crippen molar-refractivity contribution < 1.29 is 29.0 Å². The van der Waals surface area contributed by atoms with Gasteiger partial charge in [-0.2, -0.15) is 0 Å². The number of hydrogen-bond acceptors (Lipinski definition) is 5. The van der Waals surface area contributed by atoms with Crippen molar-refractivity contribution in [3.63, 3.8) is 0 Å². The summed E-state index contributed by atoms with van der Waals surface area (Å²) in [7, 11) is 0. The Kier molecular flexibility index (Phi) is 29.7. The number of carboxylic acids is 1. The largest absolute Gasteiger partial charge is 0.481 e. The van der Waals surface area contributed by atoms with Gasteiger partial charge >= 0.3 is 17.9 Å². The van der Waals surface area contributed by atoms with Gasteiger partial charge in [0.2, 0.25) is 0 Å². The minimum Gasteiger partial charge on any atom is -0.481 e. The van der Waals surface area contributed by atoms with Crippen LogP contribution in [0.3, 0.4) is 0 Å². The van der Waals surface area contributed by atoms with E-state index in [4.69, 9.17) is 14.6 Å². The van der Waals surface area contributed by atoms with Crippen LogP contribution >= 0.6 is 0 Å². The zero-order valence-electron chi connectivity index (χ0n) is 18.2. The number of hydrogen-bond donors (Lipinski definition) is 1. The first-order valence-corrected chi connectivity index (χ1v) is 10.3. The predicted octanol–water partition coefficient (Wildman–Crippen LogP) is 5.52. The van der Waals surface area contributed by atoms with E-state index in [1.807, 2.05) is 0 Å². The molecule has 0 aliphatic carbocycles. The number of carbonyl (C=O) groups excluding carboxylic acids is 2. The number of unbranched alkanes of at least 4 members (excludes halogenated alkanes) is 7. The molecular weight excluding hydrogens is 348 g/mol. The lowest BCUT2D eigenvalue weighted by Gasteiger charge is -1.98. The summed E-state index contributed by atoms with van der Waals surface area (Å²) >= 11 is 0. The van der Waals surface area contributed by atoms with Crippen molar-refractivity contribution in [3.8, 4) is 0 Å². The summed E-state index contributed by atoms with van der Waals surface area (Å²) in [5, 5.41) is 8.21. The second-order valence-corrected chi connectivity index (χ2v) is 6.30. The van der Waals surface area contributed by atoms with E-state index in [9.17, 15) is 14.4 Å². The Morgan fingerprint density at radius 1 is 0.630 bits per heavy atom. The molecule has 0 aromatic rings. The lowest BCUT2D eigenvalue weighted by atomic mass is 10.2. The minimum atomic E-state index is -0.675. The number of esters is 2. The molecule has 27 heavy (non-hydrogen) atoms. The highest BCUT2D eigenvalue weighted by molar-refractivity contribution is 5.66. The maximum atomic E-state index is 10.2. The lowest BCUT2D eigenvalue weighted by Crippen LogP contribution is -1.99. The zero-order chi connectivity index (χ0) is 21.3. The summed E-state index contributed by atoms with van der Waals surface area (Å²) in [6, 6.07) is 0. The van der Waals surface area contributed by atoms with Crippen LogP contribution in [0.1, 0.15) is 105 Å².